The standard InChI is InChI=1S/C22H29N3O4S/c1-27-18-13-17(14-19(28-2)21(18)29-3)24-22(26)16-7-8-20(23-15-16)30-12-11-25-9-5-4-6-10-25/h7-8,13-15H,4-6,9-12H2,1-3H3,(H,24,26). The maximum Gasteiger partial charge on any atom is 0.257 e. The fourth-order valence-corrected chi connectivity index (χ4v) is 4.27. The highest BCUT2D eigenvalue weighted by atomic mass is 32.2. The van der Waals surface area contributed by atoms with Crippen molar-refractivity contribution in [1.29, 1.82) is 0 Å². The summed E-state index contributed by atoms with van der Waals surface area (Å²) >= 11 is 1.72. The molecule has 1 aromatic carbocycles. The van der Waals surface area contributed by atoms with Crippen LogP contribution in [0, 0.1) is 0 Å². The van der Waals surface area contributed by atoms with Gasteiger partial charge in [0.25, 0.3) is 5.91 Å². The summed E-state index contributed by atoms with van der Waals surface area (Å²) in [7, 11) is 4.61. The van der Waals surface area contributed by atoms with E-state index in [1.807, 2.05) is 6.07 Å². The number of carbonyl (C=O) groups excluding carboxylic acids is 1. The van der Waals surface area contributed by atoms with E-state index in [2.05, 4.69) is 15.2 Å². The van der Waals surface area contributed by atoms with Crippen molar-refractivity contribution in [3.63, 3.8) is 0 Å². The number of aromatic nitrogens is 1. The molecule has 1 aliphatic rings. The van der Waals surface area contributed by atoms with Crippen molar-refractivity contribution in [3.05, 3.63) is 36.0 Å². The van der Waals surface area contributed by atoms with Crippen LogP contribution in [0.15, 0.2) is 35.5 Å². The van der Waals surface area contributed by atoms with E-state index in [1.54, 1.807) is 36.2 Å². The molecule has 1 fully saturated rings. The molecule has 2 heterocycles. The Hall–Kier alpha value is -2.45. The number of pyridine rings is 1. The molecule has 0 saturated carbocycles. The fraction of sp³-hybridized carbons (Fsp3) is 0.455. The summed E-state index contributed by atoms with van der Waals surface area (Å²) in [4.78, 5) is 19.6. The highest BCUT2D eigenvalue weighted by Gasteiger charge is 2.15. The van der Waals surface area contributed by atoms with Crippen molar-refractivity contribution in [1.82, 2.24) is 9.88 Å². The maximum absolute atomic E-state index is 12.6. The van der Waals surface area contributed by atoms with Gasteiger partial charge in [-0.3, -0.25) is 4.79 Å². The summed E-state index contributed by atoms with van der Waals surface area (Å²) in [5.41, 5.74) is 1.04. The Balaban J connectivity index is 1.58. The van der Waals surface area contributed by atoms with Gasteiger partial charge < -0.3 is 24.4 Å². The van der Waals surface area contributed by atoms with E-state index < -0.39 is 0 Å². The van der Waals surface area contributed by atoms with Crippen molar-refractivity contribution in [2.45, 2.75) is 24.3 Å². The van der Waals surface area contributed by atoms with Crippen LogP contribution in [0.1, 0.15) is 29.6 Å². The molecular weight excluding hydrogens is 402 g/mol. The van der Waals surface area contributed by atoms with Gasteiger partial charge in [-0.1, -0.05) is 6.42 Å². The van der Waals surface area contributed by atoms with Crippen LogP contribution in [0.2, 0.25) is 0 Å². The van der Waals surface area contributed by atoms with E-state index >= 15 is 0 Å². The van der Waals surface area contributed by atoms with Crippen molar-refractivity contribution in [2.75, 3.05) is 52.0 Å². The molecule has 0 spiro atoms. The van der Waals surface area contributed by atoms with Crippen LogP contribution < -0.4 is 19.5 Å². The fourth-order valence-electron chi connectivity index (χ4n) is 3.42. The van der Waals surface area contributed by atoms with Crippen LogP contribution in [-0.4, -0.2) is 62.5 Å². The topological polar surface area (TPSA) is 72.9 Å². The molecule has 1 amide bonds. The molecule has 1 aliphatic heterocycles. The predicted molar refractivity (Wildman–Crippen MR) is 119 cm³/mol. The number of methoxy groups -OCH3 is 3. The van der Waals surface area contributed by atoms with Gasteiger partial charge in [0, 0.05) is 36.3 Å². The number of nitrogens with one attached hydrogen (secondary N) is 1. The molecule has 0 atom stereocenters. The summed E-state index contributed by atoms with van der Waals surface area (Å²) in [6.07, 6.45) is 5.57. The van der Waals surface area contributed by atoms with Crippen LogP contribution in [0.5, 0.6) is 17.2 Å². The van der Waals surface area contributed by atoms with Crippen LogP contribution >= 0.6 is 11.8 Å². The smallest absolute Gasteiger partial charge is 0.257 e. The van der Waals surface area contributed by atoms with Gasteiger partial charge in [0.1, 0.15) is 0 Å². The molecule has 1 saturated heterocycles. The number of nitrogens with zero attached hydrogens (tertiary/aromatic N) is 2. The van der Waals surface area contributed by atoms with E-state index in [-0.39, 0.29) is 5.91 Å². The summed E-state index contributed by atoms with van der Waals surface area (Å²) in [6, 6.07) is 7.07. The second-order valence-electron chi connectivity index (χ2n) is 7.00. The second kappa shape index (κ2) is 11.1. The third-order valence-electron chi connectivity index (χ3n) is 5.03. The highest BCUT2D eigenvalue weighted by molar-refractivity contribution is 7.99. The Bertz CT molecular complexity index is 814. The quantitative estimate of drug-likeness (QED) is 0.603. The molecule has 30 heavy (non-hydrogen) atoms. The third kappa shape index (κ3) is 5.79. The largest absolute Gasteiger partial charge is 0.493 e. The number of carbonyl (C=O) groups is 1. The zero-order valence-electron chi connectivity index (χ0n) is 17.8. The SMILES string of the molecule is COc1cc(NC(=O)c2ccc(SCCN3CCCCC3)nc2)cc(OC)c1OC. The number of thioether (sulfide) groups is 1. The predicted octanol–water partition coefficient (Wildman–Crippen LogP) is 3.94. The van der Waals surface area contributed by atoms with Gasteiger partial charge >= 0.3 is 0 Å². The molecule has 0 aliphatic carbocycles. The number of piperidine rings is 1. The number of amides is 1. The first-order chi connectivity index (χ1) is 14.6. The summed E-state index contributed by atoms with van der Waals surface area (Å²) < 4.78 is 16.0. The Morgan fingerprint density at radius 1 is 1.07 bits per heavy atom. The third-order valence-corrected chi connectivity index (χ3v) is 5.95. The molecular formula is C22H29N3O4S. The lowest BCUT2D eigenvalue weighted by Crippen LogP contribution is -2.31. The minimum atomic E-state index is -0.248. The lowest BCUT2D eigenvalue weighted by atomic mass is 10.1. The van der Waals surface area contributed by atoms with Crippen LogP contribution in [0.3, 0.4) is 0 Å². The van der Waals surface area contributed by atoms with Gasteiger partial charge in [-0.25, -0.2) is 4.98 Å². The molecule has 162 valence electrons. The minimum Gasteiger partial charge on any atom is -0.493 e. The van der Waals surface area contributed by atoms with Crippen molar-refractivity contribution in [3.8, 4) is 17.2 Å². The summed E-state index contributed by atoms with van der Waals surface area (Å²) in [5, 5.41) is 3.78. The monoisotopic (exact) mass is 431 g/mol. The lowest BCUT2D eigenvalue weighted by molar-refractivity contribution is 0.102. The van der Waals surface area contributed by atoms with E-state index in [0.717, 1.165) is 17.3 Å². The number of likely N-dealkylation sites (tertiary alicyclic amines) is 1. The number of hydrogen-bond donors (Lipinski definition) is 1. The van der Waals surface area contributed by atoms with E-state index in [1.165, 1.54) is 53.7 Å². The summed E-state index contributed by atoms with van der Waals surface area (Å²) in [6.45, 7) is 3.48. The highest BCUT2D eigenvalue weighted by Crippen LogP contribution is 2.40. The molecule has 1 aromatic heterocycles. The molecule has 7 nitrogen and oxygen atoms in total. The van der Waals surface area contributed by atoms with E-state index in [9.17, 15) is 4.79 Å². The Kier molecular flexibility index (Phi) is 8.21. The first-order valence-corrected chi connectivity index (χ1v) is 11.1. The number of ether oxygens (including phenoxy) is 3. The van der Waals surface area contributed by atoms with Gasteiger partial charge in [-0.15, -0.1) is 11.8 Å². The van der Waals surface area contributed by atoms with Crippen molar-refractivity contribution in [2.24, 2.45) is 0 Å². The molecule has 0 unspecified atom stereocenters. The van der Waals surface area contributed by atoms with Gasteiger partial charge in [0.05, 0.1) is 31.9 Å². The molecule has 8 heteroatoms. The normalized spacial score (nSPS) is 14.2. The molecule has 3 rings (SSSR count). The zero-order chi connectivity index (χ0) is 21.3. The maximum atomic E-state index is 12.6. The average Bonchev–Trinajstić information content (AvgIpc) is 2.79. The van der Waals surface area contributed by atoms with Gasteiger partial charge in [0.2, 0.25) is 5.75 Å². The van der Waals surface area contributed by atoms with Crippen molar-refractivity contribution < 1.29 is 19.0 Å². The summed E-state index contributed by atoms with van der Waals surface area (Å²) in [5.74, 6) is 2.19. The number of anilines is 1. The van der Waals surface area contributed by atoms with Gasteiger partial charge in [0.15, 0.2) is 11.5 Å². The van der Waals surface area contributed by atoms with E-state index in [4.69, 9.17) is 14.2 Å². The number of benzene rings is 1. The zero-order valence-corrected chi connectivity index (χ0v) is 18.6. The molecule has 2 aromatic rings. The molecule has 0 bridgehead atoms. The second-order valence-corrected chi connectivity index (χ2v) is 8.12. The van der Waals surface area contributed by atoms with Gasteiger partial charge in [-0.2, -0.15) is 0 Å². The lowest BCUT2D eigenvalue weighted by Gasteiger charge is -2.25. The Labute approximate surface area is 182 Å². The first-order valence-electron chi connectivity index (χ1n) is 10.1. The van der Waals surface area contributed by atoms with Crippen LogP contribution in [0.25, 0.3) is 0 Å². The minimum absolute atomic E-state index is 0.248. The van der Waals surface area contributed by atoms with Gasteiger partial charge in [-0.05, 0) is 38.1 Å². The Morgan fingerprint density at radius 2 is 1.77 bits per heavy atom. The Morgan fingerprint density at radius 3 is 2.33 bits per heavy atom. The number of hydrogen-bond acceptors (Lipinski definition) is 7. The van der Waals surface area contributed by atoms with Crippen molar-refractivity contribution >= 4 is 23.4 Å². The first kappa shape index (κ1) is 22.2. The molecule has 0 radical (unpaired) electrons. The van der Waals surface area contributed by atoms with Crippen LogP contribution in [-0.2, 0) is 0 Å². The average molecular weight is 432 g/mol. The number of rotatable bonds is 9. The van der Waals surface area contributed by atoms with E-state index in [0.29, 0.717) is 28.5 Å². The van der Waals surface area contributed by atoms with Crippen LogP contribution in [0.4, 0.5) is 5.69 Å². The molecule has 1 N–H and O–H groups in total.